The Kier molecular flexibility index (Phi) is 35.6. The lowest BCUT2D eigenvalue weighted by molar-refractivity contribution is -0.870. The number of phosphoric acid groups is 1. The fourth-order valence-electron chi connectivity index (χ4n) is 5.68. The van der Waals surface area contributed by atoms with Gasteiger partial charge in [-0.1, -0.05) is 134 Å². The van der Waals surface area contributed by atoms with Gasteiger partial charge in [0.2, 0.25) is 0 Å². The van der Waals surface area contributed by atoms with Crippen LogP contribution in [0.15, 0.2) is 36.5 Å². The number of ether oxygens (including phenoxy) is 2. The predicted octanol–water partition coefficient (Wildman–Crippen LogP) is 11.5. The first-order chi connectivity index (χ1) is 26.0. The largest absolute Gasteiger partial charge is 0.756 e. The zero-order valence-corrected chi connectivity index (χ0v) is 36.3. The summed E-state index contributed by atoms with van der Waals surface area (Å²) >= 11 is 0. The Labute approximate surface area is 331 Å². The van der Waals surface area contributed by atoms with Crippen molar-refractivity contribution in [2.45, 2.75) is 187 Å². The van der Waals surface area contributed by atoms with E-state index >= 15 is 0 Å². The molecule has 0 aromatic heterocycles. The summed E-state index contributed by atoms with van der Waals surface area (Å²) < 4.78 is 33.9. The summed E-state index contributed by atoms with van der Waals surface area (Å²) in [5.74, 6) is -0.854. The number of phosphoric ester groups is 1. The molecule has 54 heavy (non-hydrogen) atoms. The molecular weight excluding hydrogens is 701 g/mol. The molecule has 0 aliphatic rings. The number of hydrogen-bond acceptors (Lipinski definition) is 8. The van der Waals surface area contributed by atoms with Crippen molar-refractivity contribution in [3.8, 4) is 0 Å². The number of likely N-dealkylation sites (N-methyl/N-ethyl adjacent to an activating group) is 1. The Hall–Kier alpha value is -1.77. The minimum atomic E-state index is -4.63. The van der Waals surface area contributed by atoms with Gasteiger partial charge >= 0.3 is 11.9 Å². The summed E-state index contributed by atoms with van der Waals surface area (Å²) in [6.45, 7) is 4.16. The van der Waals surface area contributed by atoms with Crippen molar-refractivity contribution in [1.29, 1.82) is 0 Å². The Bertz CT molecular complexity index is 1020. The quantitative estimate of drug-likeness (QED) is 0.0199. The highest BCUT2D eigenvalue weighted by atomic mass is 31.2. The number of hydrogen-bond donors (Lipinski definition) is 0. The van der Waals surface area contributed by atoms with Gasteiger partial charge in [0.05, 0.1) is 27.7 Å². The van der Waals surface area contributed by atoms with Crippen LogP contribution in [0, 0.1) is 0 Å². The van der Waals surface area contributed by atoms with Crippen molar-refractivity contribution < 1.29 is 42.1 Å². The maximum atomic E-state index is 12.7. The van der Waals surface area contributed by atoms with Crippen molar-refractivity contribution in [3.63, 3.8) is 0 Å². The zero-order chi connectivity index (χ0) is 40.0. The Morgan fingerprint density at radius 2 is 1.00 bits per heavy atom. The van der Waals surface area contributed by atoms with Crippen LogP contribution in [0.4, 0.5) is 0 Å². The number of carbonyl (C=O) groups excluding carboxylic acids is 2. The van der Waals surface area contributed by atoms with Crippen molar-refractivity contribution >= 4 is 19.8 Å². The number of quaternary nitrogens is 1. The molecular formula is C44H82NO8P. The summed E-state index contributed by atoms with van der Waals surface area (Å²) in [6, 6.07) is 0. The Balaban J connectivity index is 4.39. The van der Waals surface area contributed by atoms with Crippen LogP contribution in [-0.4, -0.2) is 70.0 Å². The molecule has 0 aromatic carbocycles. The normalized spacial score (nSPS) is 14.0. The zero-order valence-electron chi connectivity index (χ0n) is 35.4. The topological polar surface area (TPSA) is 111 Å². The first-order valence-electron chi connectivity index (χ1n) is 21.7. The van der Waals surface area contributed by atoms with E-state index in [-0.39, 0.29) is 26.1 Å². The molecule has 316 valence electrons. The standard InChI is InChI=1S/C44H82NO8P/c1-6-8-10-12-14-16-18-20-21-22-23-25-27-29-31-33-35-37-44(47)53-42(41-52-54(48,49)51-39-38-45(3,4)5)40-50-43(46)36-34-32-30-28-26-24-19-17-15-13-11-9-7-2/h14,16-17,19-21,42H,6-13,15,18,22-41H2,1-5H3/b16-14-,19-17-,21-20-/t42-/m1/s1. The third kappa shape index (κ3) is 39.9. The van der Waals surface area contributed by atoms with Crippen molar-refractivity contribution in [2.24, 2.45) is 0 Å². The number of allylic oxidation sites excluding steroid dienone is 6. The van der Waals surface area contributed by atoms with Crippen LogP contribution in [0.5, 0.6) is 0 Å². The summed E-state index contributed by atoms with van der Waals surface area (Å²) in [6.07, 6.45) is 40.2. The van der Waals surface area contributed by atoms with E-state index in [0.29, 0.717) is 17.4 Å². The molecule has 9 nitrogen and oxygen atoms in total. The minimum Gasteiger partial charge on any atom is -0.756 e. The van der Waals surface area contributed by atoms with E-state index in [9.17, 15) is 19.0 Å². The molecule has 0 fully saturated rings. The molecule has 1 unspecified atom stereocenters. The number of carbonyl (C=O) groups is 2. The number of rotatable bonds is 39. The average Bonchev–Trinajstić information content (AvgIpc) is 3.12. The molecule has 2 atom stereocenters. The van der Waals surface area contributed by atoms with Crippen molar-refractivity contribution in [2.75, 3.05) is 47.5 Å². The molecule has 0 aliphatic carbocycles. The maximum Gasteiger partial charge on any atom is 0.306 e. The van der Waals surface area contributed by atoms with Gasteiger partial charge in [-0.05, 0) is 70.6 Å². The molecule has 10 heteroatoms. The van der Waals surface area contributed by atoms with Gasteiger partial charge in [0.1, 0.15) is 19.8 Å². The number of esters is 2. The summed E-state index contributed by atoms with van der Waals surface area (Å²) in [5.41, 5.74) is 0. The van der Waals surface area contributed by atoms with E-state index in [0.717, 1.165) is 70.6 Å². The molecule has 0 heterocycles. The maximum absolute atomic E-state index is 12.7. The lowest BCUT2D eigenvalue weighted by Crippen LogP contribution is -2.37. The molecule has 0 rings (SSSR count). The van der Waals surface area contributed by atoms with Crippen LogP contribution >= 0.6 is 7.82 Å². The van der Waals surface area contributed by atoms with E-state index < -0.39 is 32.5 Å². The van der Waals surface area contributed by atoms with E-state index in [1.165, 1.54) is 77.0 Å². The molecule has 0 bridgehead atoms. The second-order valence-electron chi connectivity index (χ2n) is 15.7. The van der Waals surface area contributed by atoms with Gasteiger partial charge in [0.25, 0.3) is 7.82 Å². The first-order valence-corrected chi connectivity index (χ1v) is 23.2. The van der Waals surface area contributed by atoms with E-state index in [4.69, 9.17) is 18.5 Å². The van der Waals surface area contributed by atoms with Crippen LogP contribution in [0.2, 0.25) is 0 Å². The third-order valence-corrected chi connectivity index (χ3v) is 10.1. The van der Waals surface area contributed by atoms with Gasteiger partial charge in [0, 0.05) is 12.8 Å². The highest BCUT2D eigenvalue weighted by molar-refractivity contribution is 7.45. The lowest BCUT2D eigenvalue weighted by atomic mass is 10.1. The second-order valence-corrected chi connectivity index (χ2v) is 17.1. The fraction of sp³-hybridized carbons (Fsp3) is 0.818. The summed E-state index contributed by atoms with van der Waals surface area (Å²) in [5, 5.41) is 0. The van der Waals surface area contributed by atoms with E-state index in [2.05, 4.69) is 50.3 Å². The molecule has 0 aromatic rings. The molecule has 0 amide bonds. The van der Waals surface area contributed by atoms with Crippen LogP contribution < -0.4 is 4.89 Å². The second kappa shape index (κ2) is 36.8. The lowest BCUT2D eigenvalue weighted by Gasteiger charge is -2.28. The van der Waals surface area contributed by atoms with Crippen LogP contribution in [0.1, 0.15) is 181 Å². The minimum absolute atomic E-state index is 0.0340. The average molecular weight is 784 g/mol. The van der Waals surface area contributed by atoms with Crippen molar-refractivity contribution in [3.05, 3.63) is 36.5 Å². The highest BCUT2D eigenvalue weighted by Crippen LogP contribution is 2.38. The molecule has 0 radical (unpaired) electrons. The first kappa shape index (κ1) is 52.2. The van der Waals surface area contributed by atoms with Crippen LogP contribution in [0.25, 0.3) is 0 Å². The van der Waals surface area contributed by atoms with Crippen LogP contribution in [-0.2, 0) is 32.7 Å². The molecule has 0 N–H and O–H groups in total. The highest BCUT2D eigenvalue weighted by Gasteiger charge is 2.21. The molecule has 0 saturated heterocycles. The smallest absolute Gasteiger partial charge is 0.306 e. The van der Waals surface area contributed by atoms with Crippen molar-refractivity contribution in [1.82, 2.24) is 0 Å². The summed E-state index contributed by atoms with van der Waals surface area (Å²) in [7, 11) is 1.15. The molecule has 0 saturated carbocycles. The van der Waals surface area contributed by atoms with Gasteiger partial charge < -0.3 is 27.9 Å². The van der Waals surface area contributed by atoms with E-state index in [1.54, 1.807) is 0 Å². The van der Waals surface area contributed by atoms with E-state index in [1.807, 2.05) is 21.1 Å². The van der Waals surface area contributed by atoms with Gasteiger partial charge in [-0.3, -0.25) is 14.2 Å². The Morgan fingerprint density at radius 1 is 0.574 bits per heavy atom. The van der Waals surface area contributed by atoms with Gasteiger partial charge in [-0.2, -0.15) is 0 Å². The fourth-order valence-corrected chi connectivity index (χ4v) is 6.41. The number of nitrogens with zero attached hydrogens (tertiary/aromatic N) is 1. The summed E-state index contributed by atoms with van der Waals surface area (Å²) in [4.78, 5) is 37.5. The predicted molar refractivity (Wildman–Crippen MR) is 222 cm³/mol. The van der Waals surface area contributed by atoms with Gasteiger partial charge in [0.15, 0.2) is 6.10 Å². The molecule has 0 aliphatic heterocycles. The Morgan fingerprint density at radius 3 is 1.52 bits per heavy atom. The van der Waals surface area contributed by atoms with Crippen LogP contribution in [0.3, 0.4) is 0 Å². The van der Waals surface area contributed by atoms with Gasteiger partial charge in [-0.15, -0.1) is 0 Å². The molecule has 0 spiro atoms. The monoisotopic (exact) mass is 784 g/mol. The van der Waals surface area contributed by atoms with Gasteiger partial charge in [-0.25, -0.2) is 0 Å². The third-order valence-electron chi connectivity index (χ3n) is 9.13. The number of unbranched alkanes of at least 4 members (excludes halogenated alkanes) is 19. The SMILES string of the molecule is CCCCC/C=C\C/C=C\CCCCCCCCCC(=O)O[C@H](COC(=O)CCCCCCC/C=C\CCCCCC)COP(=O)([O-])OCC[N+](C)(C)C.